The van der Waals surface area contributed by atoms with E-state index in [1.807, 2.05) is 22.6 Å². The van der Waals surface area contributed by atoms with E-state index in [0.29, 0.717) is 19.7 Å². The summed E-state index contributed by atoms with van der Waals surface area (Å²) in [5.74, 6) is -2.00. The number of aliphatic carboxylic acids is 1. The van der Waals surface area contributed by atoms with Crippen molar-refractivity contribution in [3.8, 4) is 0 Å². The topological polar surface area (TPSA) is 138 Å². The van der Waals surface area contributed by atoms with Crippen molar-refractivity contribution in [2.45, 2.75) is 30.2 Å². The lowest BCUT2D eigenvalue weighted by Crippen LogP contribution is -2.52. The predicted molar refractivity (Wildman–Crippen MR) is 151 cm³/mol. The quantitative estimate of drug-likeness (QED) is 0.227. The molecule has 0 radical (unpaired) electrons. The van der Waals surface area contributed by atoms with Crippen LogP contribution < -0.4 is 10.0 Å². The molecule has 0 aliphatic rings. The number of hydrogen-bond acceptors (Lipinski definition) is 7. The van der Waals surface area contributed by atoms with E-state index in [4.69, 9.17) is 11.6 Å². The fourth-order valence-corrected chi connectivity index (χ4v) is 6.26. The molecule has 0 saturated heterocycles. The van der Waals surface area contributed by atoms with Crippen LogP contribution in [0.4, 0.5) is 5.69 Å². The molecule has 0 unspecified atom stereocenters. The summed E-state index contributed by atoms with van der Waals surface area (Å²) < 4.78 is 37.9. The Hall–Kier alpha value is -2.81. The first-order valence-corrected chi connectivity index (χ1v) is 14.4. The Morgan fingerprint density at radius 1 is 1.08 bits per heavy atom. The van der Waals surface area contributed by atoms with Crippen LogP contribution in [0.2, 0.25) is 5.02 Å². The van der Waals surface area contributed by atoms with Crippen molar-refractivity contribution in [1.82, 2.24) is 14.1 Å². The molecule has 1 atom stereocenters. The van der Waals surface area contributed by atoms with Crippen molar-refractivity contribution in [1.29, 1.82) is 0 Å². The first kappa shape index (κ1) is 27.2. The number of amides is 1. The molecule has 0 spiro atoms. The molecule has 3 N–H and O–H groups in total. The van der Waals surface area contributed by atoms with Gasteiger partial charge in [-0.2, -0.15) is 8.75 Å². The van der Waals surface area contributed by atoms with Crippen LogP contribution in [0.5, 0.6) is 0 Å². The van der Waals surface area contributed by atoms with Crippen molar-refractivity contribution in [3.63, 3.8) is 0 Å². The highest BCUT2D eigenvalue weighted by Crippen LogP contribution is 2.30. The number of halogens is 2. The number of anilines is 1. The lowest BCUT2D eigenvalue weighted by atomic mass is 9.77. The summed E-state index contributed by atoms with van der Waals surface area (Å²) in [7, 11) is -4.16. The van der Waals surface area contributed by atoms with Gasteiger partial charge in [0, 0.05) is 14.0 Å². The van der Waals surface area contributed by atoms with E-state index in [9.17, 15) is 23.1 Å². The van der Waals surface area contributed by atoms with Crippen molar-refractivity contribution < 1.29 is 23.1 Å². The Balaban J connectivity index is 1.68. The van der Waals surface area contributed by atoms with Gasteiger partial charge in [0.25, 0.3) is 15.9 Å². The van der Waals surface area contributed by atoms with Crippen molar-refractivity contribution in [2.24, 2.45) is 0 Å². The highest BCUT2D eigenvalue weighted by Gasteiger charge is 2.38. The third-order valence-electron chi connectivity index (χ3n) is 5.84. The maximum Gasteiger partial charge on any atom is 0.327 e. The van der Waals surface area contributed by atoms with Gasteiger partial charge in [0.1, 0.15) is 22.0 Å². The molecule has 0 fully saturated rings. The fourth-order valence-electron chi connectivity index (χ4n) is 3.80. The Labute approximate surface area is 235 Å². The van der Waals surface area contributed by atoms with E-state index in [-0.39, 0.29) is 21.7 Å². The SMILES string of the molecule is CC(C)(c1ccc(Cl)cc1)[C@H](NC(=O)c1ccc(I)cc1NS(=O)(=O)c1cccc2nsnc12)C(=O)O. The number of nitrogens with one attached hydrogen (secondary N) is 2. The van der Waals surface area contributed by atoms with Gasteiger partial charge in [0.15, 0.2) is 0 Å². The molecule has 0 saturated carbocycles. The summed E-state index contributed by atoms with van der Waals surface area (Å²) in [5.41, 5.74) is 0.235. The largest absolute Gasteiger partial charge is 0.480 e. The molecule has 1 amide bonds. The van der Waals surface area contributed by atoms with Crippen molar-refractivity contribution in [2.75, 3.05) is 4.72 Å². The number of rotatable bonds is 8. The average Bonchev–Trinajstić information content (AvgIpc) is 3.31. The van der Waals surface area contributed by atoms with E-state index in [1.165, 1.54) is 18.2 Å². The van der Waals surface area contributed by atoms with Gasteiger partial charge in [-0.3, -0.25) is 9.52 Å². The number of carbonyl (C=O) groups is 2. The standard InChI is InChI=1S/C24H20ClIN4O5S2/c1-24(2,13-6-8-14(25)9-7-13)21(23(32)33)27-22(31)16-11-10-15(26)12-18(16)30-37(34,35)19-5-3-4-17-20(19)29-36-28-17/h3-12,21,30H,1-2H3,(H,27,31)(H,32,33)/t21-/m1/s1. The molecule has 0 aliphatic carbocycles. The number of nitrogens with zero attached hydrogens (tertiary/aromatic N) is 2. The zero-order valence-corrected chi connectivity index (χ0v) is 23.9. The number of hydrogen-bond donors (Lipinski definition) is 3. The van der Waals surface area contributed by atoms with Crippen LogP contribution >= 0.6 is 45.9 Å². The lowest BCUT2D eigenvalue weighted by molar-refractivity contribution is -0.140. The Morgan fingerprint density at radius 3 is 2.46 bits per heavy atom. The number of carboxylic acids is 1. The smallest absolute Gasteiger partial charge is 0.327 e. The normalized spacial score (nSPS) is 12.8. The Morgan fingerprint density at radius 2 is 1.78 bits per heavy atom. The Kier molecular flexibility index (Phi) is 7.74. The van der Waals surface area contributed by atoms with Gasteiger partial charge in [0.2, 0.25) is 0 Å². The van der Waals surface area contributed by atoms with Gasteiger partial charge < -0.3 is 10.4 Å². The zero-order chi connectivity index (χ0) is 27.0. The van der Waals surface area contributed by atoms with Crippen LogP contribution in [0.1, 0.15) is 29.8 Å². The molecule has 0 bridgehead atoms. The van der Waals surface area contributed by atoms with Crippen LogP contribution in [-0.2, 0) is 20.2 Å². The van der Waals surface area contributed by atoms with Gasteiger partial charge in [-0.1, -0.05) is 43.6 Å². The highest BCUT2D eigenvalue weighted by molar-refractivity contribution is 14.1. The van der Waals surface area contributed by atoms with Crippen LogP contribution in [0.3, 0.4) is 0 Å². The number of fused-ring (bicyclic) bond motifs is 1. The summed E-state index contributed by atoms with van der Waals surface area (Å²) in [4.78, 5) is 25.5. The van der Waals surface area contributed by atoms with E-state index < -0.39 is 33.4 Å². The van der Waals surface area contributed by atoms with E-state index in [2.05, 4.69) is 18.8 Å². The summed E-state index contributed by atoms with van der Waals surface area (Å²) in [5, 5.41) is 13.0. The van der Waals surface area contributed by atoms with Gasteiger partial charge in [0.05, 0.1) is 23.0 Å². The van der Waals surface area contributed by atoms with Crippen LogP contribution in [-0.4, -0.2) is 40.2 Å². The molecule has 4 aromatic rings. The molecular formula is C24H20ClIN4O5S2. The van der Waals surface area contributed by atoms with E-state index in [1.54, 1.807) is 56.3 Å². The molecule has 0 aliphatic heterocycles. The van der Waals surface area contributed by atoms with Crippen LogP contribution in [0.15, 0.2) is 65.6 Å². The molecule has 4 rings (SSSR count). The van der Waals surface area contributed by atoms with E-state index >= 15 is 0 Å². The van der Waals surface area contributed by atoms with Crippen LogP contribution in [0.25, 0.3) is 11.0 Å². The molecular weight excluding hydrogens is 651 g/mol. The average molecular weight is 671 g/mol. The third-order valence-corrected chi connectivity index (χ3v) is 8.70. The second-order valence-electron chi connectivity index (χ2n) is 8.66. The van der Waals surface area contributed by atoms with Crippen molar-refractivity contribution >= 4 is 84.5 Å². The van der Waals surface area contributed by atoms with Crippen molar-refractivity contribution in [3.05, 3.63) is 80.4 Å². The fraction of sp³-hybridized carbons (Fsp3) is 0.167. The molecule has 192 valence electrons. The first-order valence-electron chi connectivity index (χ1n) is 10.7. The van der Waals surface area contributed by atoms with Crippen LogP contribution in [0, 0.1) is 3.57 Å². The third kappa shape index (κ3) is 5.71. The first-order chi connectivity index (χ1) is 17.4. The maximum atomic E-state index is 13.4. The second kappa shape index (κ2) is 10.5. The molecule has 9 nitrogen and oxygen atoms in total. The molecule has 37 heavy (non-hydrogen) atoms. The number of carboxylic acid groups (broad SMARTS) is 1. The number of carbonyl (C=O) groups excluding carboxylic acids is 1. The summed E-state index contributed by atoms with van der Waals surface area (Å²) in [6, 6.07) is 14.5. The Bertz CT molecular complexity index is 1610. The maximum absolute atomic E-state index is 13.4. The van der Waals surface area contributed by atoms with Gasteiger partial charge in [-0.05, 0) is 70.6 Å². The second-order valence-corrected chi connectivity index (χ2v) is 12.5. The minimum absolute atomic E-state index is 0.00182. The van der Waals surface area contributed by atoms with Gasteiger partial charge in [-0.25, -0.2) is 13.2 Å². The summed E-state index contributed by atoms with van der Waals surface area (Å²) in [6.45, 7) is 3.38. The minimum Gasteiger partial charge on any atom is -0.480 e. The molecule has 3 aromatic carbocycles. The lowest BCUT2D eigenvalue weighted by Gasteiger charge is -2.32. The zero-order valence-electron chi connectivity index (χ0n) is 19.4. The number of sulfonamides is 1. The minimum atomic E-state index is -4.16. The predicted octanol–water partition coefficient (Wildman–Crippen LogP) is 4.91. The highest BCUT2D eigenvalue weighted by atomic mass is 127. The summed E-state index contributed by atoms with van der Waals surface area (Å²) >= 11 is 8.85. The van der Waals surface area contributed by atoms with Gasteiger partial charge in [-0.15, -0.1) is 0 Å². The molecule has 1 heterocycles. The molecule has 13 heteroatoms. The summed E-state index contributed by atoms with van der Waals surface area (Å²) in [6.07, 6.45) is 0. The number of benzene rings is 3. The number of aromatic nitrogens is 2. The van der Waals surface area contributed by atoms with Gasteiger partial charge >= 0.3 is 5.97 Å². The van der Waals surface area contributed by atoms with E-state index in [0.717, 1.165) is 11.7 Å². The molecule has 1 aromatic heterocycles. The monoisotopic (exact) mass is 670 g/mol.